The lowest BCUT2D eigenvalue weighted by atomic mass is 9.84. The zero-order chi connectivity index (χ0) is 12.1. The largest absolute Gasteiger partial charge is 0.389 e. The zero-order valence-corrected chi connectivity index (χ0v) is 11.5. The van der Waals surface area contributed by atoms with Crippen molar-refractivity contribution in [2.75, 3.05) is 20.1 Å². The first-order chi connectivity index (χ1) is 8.18. The highest BCUT2D eigenvalue weighted by atomic mass is 32.1. The fourth-order valence-corrected chi connectivity index (χ4v) is 3.40. The Kier molecular flexibility index (Phi) is 4.60. The van der Waals surface area contributed by atoms with Crippen molar-refractivity contribution in [2.24, 2.45) is 0 Å². The molecule has 1 aromatic heterocycles. The van der Waals surface area contributed by atoms with Gasteiger partial charge in [-0.05, 0) is 37.8 Å². The van der Waals surface area contributed by atoms with E-state index in [1.165, 1.54) is 24.1 Å². The summed E-state index contributed by atoms with van der Waals surface area (Å²) in [6.07, 6.45) is 6.74. The Bertz CT molecular complexity index is 317. The lowest BCUT2D eigenvalue weighted by Gasteiger charge is -2.35. The van der Waals surface area contributed by atoms with Crippen molar-refractivity contribution in [1.82, 2.24) is 4.90 Å². The van der Waals surface area contributed by atoms with E-state index in [2.05, 4.69) is 29.5 Å². The maximum Gasteiger partial charge on any atom is 0.0774 e. The zero-order valence-electron chi connectivity index (χ0n) is 10.7. The molecule has 0 spiro atoms. The number of aliphatic hydroxyl groups is 1. The van der Waals surface area contributed by atoms with Crippen LogP contribution in [0.3, 0.4) is 0 Å². The molecule has 0 aliphatic heterocycles. The van der Waals surface area contributed by atoms with Gasteiger partial charge in [0.15, 0.2) is 0 Å². The second kappa shape index (κ2) is 5.98. The van der Waals surface area contributed by atoms with E-state index in [0.29, 0.717) is 0 Å². The molecule has 3 heteroatoms. The van der Waals surface area contributed by atoms with Gasteiger partial charge < -0.3 is 10.0 Å². The second-order valence-corrected chi connectivity index (χ2v) is 6.38. The monoisotopic (exact) mass is 253 g/mol. The van der Waals surface area contributed by atoms with E-state index < -0.39 is 5.60 Å². The number of rotatable bonds is 5. The third-order valence-electron chi connectivity index (χ3n) is 3.67. The third-order valence-corrected chi connectivity index (χ3v) is 4.60. The molecular weight excluding hydrogens is 230 g/mol. The van der Waals surface area contributed by atoms with Crippen molar-refractivity contribution in [2.45, 2.75) is 44.1 Å². The molecule has 1 saturated carbocycles. The van der Waals surface area contributed by atoms with Crippen molar-refractivity contribution in [1.29, 1.82) is 0 Å². The standard InChI is InChI=1S/C14H23NOS/c1-15(10-7-13-6-5-11-17-13)12-14(16)8-3-2-4-9-14/h5-6,11,16H,2-4,7-10,12H2,1H3. The average molecular weight is 253 g/mol. The number of thiophene rings is 1. The minimum atomic E-state index is -0.414. The lowest BCUT2D eigenvalue weighted by Crippen LogP contribution is -2.43. The molecule has 1 heterocycles. The minimum Gasteiger partial charge on any atom is -0.389 e. The first-order valence-electron chi connectivity index (χ1n) is 6.61. The summed E-state index contributed by atoms with van der Waals surface area (Å²) < 4.78 is 0. The normalized spacial score (nSPS) is 19.7. The van der Waals surface area contributed by atoms with Crippen LogP contribution in [-0.4, -0.2) is 35.7 Å². The molecule has 2 nitrogen and oxygen atoms in total. The SMILES string of the molecule is CN(CCc1cccs1)CC1(O)CCCCC1. The minimum absolute atomic E-state index is 0.414. The molecule has 0 unspecified atom stereocenters. The first-order valence-corrected chi connectivity index (χ1v) is 7.49. The van der Waals surface area contributed by atoms with Gasteiger partial charge in [-0.1, -0.05) is 25.3 Å². The molecular formula is C14H23NOS. The fourth-order valence-electron chi connectivity index (χ4n) is 2.71. The van der Waals surface area contributed by atoms with Crippen LogP contribution in [0.25, 0.3) is 0 Å². The highest BCUT2D eigenvalue weighted by molar-refractivity contribution is 7.09. The topological polar surface area (TPSA) is 23.5 Å². The van der Waals surface area contributed by atoms with Gasteiger partial charge in [-0.3, -0.25) is 0 Å². The first kappa shape index (κ1) is 13.1. The van der Waals surface area contributed by atoms with E-state index in [9.17, 15) is 5.11 Å². The predicted molar refractivity (Wildman–Crippen MR) is 73.6 cm³/mol. The van der Waals surface area contributed by atoms with Crippen molar-refractivity contribution < 1.29 is 5.11 Å². The van der Waals surface area contributed by atoms with Gasteiger partial charge in [-0.25, -0.2) is 0 Å². The summed E-state index contributed by atoms with van der Waals surface area (Å²) in [5.74, 6) is 0. The summed E-state index contributed by atoms with van der Waals surface area (Å²) in [5.41, 5.74) is -0.414. The van der Waals surface area contributed by atoms with Gasteiger partial charge >= 0.3 is 0 Å². The van der Waals surface area contributed by atoms with Gasteiger partial charge in [0, 0.05) is 18.0 Å². The van der Waals surface area contributed by atoms with Crippen LogP contribution >= 0.6 is 11.3 Å². The summed E-state index contributed by atoms with van der Waals surface area (Å²) in [7, 11) is 2.13. The van der Waals surface area contributed by atoms with Crippen molar-refractivity contribution in [3.63, 3.8) is 0 Å². The Morgan fingerprint density at radius 3 is 2.76 bits per heavy atom. The van der Waals surface area contributed by atoms with Gasteiger partial charge in [0.05, 0.1) is 5.60 Å². The van der Waals surface area contributed by atoms with Gasteiger partial charge in [0.2, 0.25) is 0 Å². The molecule has 0 bridgehead atoms. The summed E-state index contributed by atoms with van der Waals surface area (Å²) >= 11 is 1.82. The van der Waals surface area contributed by atoms with Crippen LogP contribution in [0, 0.1) is 0 Å². The molecule has 1 fully saturated rings. The van der Waals surface area contributed by atoms with Crippen LogP contribution in [0.1, 0.15) is 37.0 Å². The molecule has 1 N–H and O–H groups in total. The maximum atomic E-state index is 10.5. The molecule has 0 amide bonds. The predicted octanol–water partition coefficient (Wildman–Crippen LogP) is 2.92. The molecule has 1 aliphatic carbocycles. The molecule has 96 valence electrons. The molecule has 17 heavy (non-hydrogen) atoms. The van der Waals surface area contributed by atoms with E-state index in [-0.39, 0.29) is 0 Å². The van der Waals surface area contributed by atoms with E-state index in [4.69, 9.17) is 0 Å². The Hall–Kier alpha value is -0.380. The molecule has 0 radical (unpaired) electrons. The Balaban J connectivity index is 1.74. The van der Waals surface area contributed by atoms with E-state index >= 15 is 0 Å². The lowest BCUT2D eigenvalue weighted by molar-refractivity contribution is -0.0205. The summed E-state index contributed by atoms with van der Waals surface area (Å²) in [6.45, 7) is 1.88. The maximum absolute atomic E-state index is 10.5. The van der Waals surface area contributed by atoms with Crippen LogP contribution < -0.4 is 0 Å². The molecule has 1 aromatic rings. The van der Waals surface area contributed by atoms with Crippen molar-refractivity contribution in [3.8, 4) is 0 Å². The molecule has 0 saturated heterocycles. The van der Waals surface area contributed by atoms with Gasteiger partial charge in [-0.15, -0.1) is 11.3 Å². The Labute approximate surface area is 108 Å². The Morgan fingerprint density at radius 2 is 2.12 bits per heavy atom. The highest BCUT2D eigenvalue weighted by Crippen LogP contribution is 2.28. The molecule has 0 aromatic carbocycles. The van der Waals surface area contributed by atoms with E-state index in [0.717, 1.165) is 32.4 Å². The summed E-state index contributed by atoms with van der Waals surface area (Å²) in [6, 6.07) is 4.29. The number of hydrogen-bond acceptors (Lipinski definition) is 3. The van der Waals surface area contributed by atoms with E-state index in [1.807, 2.05) is 11.3 Å². The quantitative estimate of drug-likeness (QED) is 0.872. The number of hydrogen-bond donors (Lipinski definition) is 1. The van der Waals surface area contributed by atoms with Crippen LogP contribution in [0.4, 0.5) is 0 Å². The van der Waals surface area contributed by atoms with Crippen LogP contribution in [-0.2, 0) is 6.42 Å². The van der Waals surface area contributed by atoms with Crippen molar-refractivity contribution >= 4 is 11.3 Å². The van der Waals surface area contributed by atoms with Gasteiger partial charge in [0.25, 0.3) is 0 Å². The molecule has 2 rings (SSSR count). The Morgan fingerprint density at radius 1 is 1.35 bits per heavy atom. The second-order valence-electron chi connectivity index (χ2n) is 5.35. The highest BCUT2D eigenvalue weighted by Gasteiger charge is 2.30. The van der Waals surface area contributed by atoms with Gasteiger partial charge in [0.1, 0.15) is 0 Å². The smallest absolute Gasteiger partial charge is 0.0774 e. The van der Waals surface area contributed by atoms with Gasteiger partial charge in [-0.2, -0.15) is 0 Å². The third kappa shape index (κ3) is 4.09. The number of nitrogens with zero attached hydrogens (tertiary/aromatic N) is 1. The van der Waals surface area contributed by atoms with E-state index in [1.54, 1.807) is 0 Å². The van der Waals surface area contributed by atoms with Crippen LogP contribution in [0.15, 0.2) is 17.5 Å². The average Bonchev–Trinajstić information content (AvgIpc) is 2.79. The van der Waals surface area contributed by atoms with Crippen LogP contribution in [0.2, 0.25) is 0 Å². The molecule has 1 aliphatic rings. The number of likely N-dealkylation sites (N-methyl/N-ethyl adjacent to an activating group) is 1. The summed E-state index contributed by atoms with van der Waals surface area (Å²) in [4.78, 5) is 3.72. The molecule has 0 atom stereocenters. The summed E-state index contributed by atoms with van der Waals surface area (Å²) in [5, 5.41) is 12.6. The van der Waals surface area contributed by atoms with Crippen molar-refractivity contribution in [3.05, 3.63) is 22.4 Å². The van der Waals surface area contributed by atoms with Crippen LogP contribution in [0.5, 0.6) is 0 Å². The fraction of sp³-hybridized carbons (Fsp3) is 0.714.